The molecule has 19 heavy (non-hydrogen) atoms. The van der Waals surface area contributed by atoms with Crippen molar-refractivity contribution < 1.29 is 4.74 Å². The minimum atomic E-state index is 0.831. The number of hydrogen-bond acceptors (Lipinski definition) is 3. The van der Waals surface area contributed by atoms with Gasteiger partial charge < -0.3 is 15.0 Å². The number of para-hydroxylation sites is 1. The Kier molecular flexibility index (Phi) is 3.92. The van der Waals surface area contributed by atoms with Gasteiger partial charge in [-0.15, -0.1) is 0 Å². The van der Waals surface area contributed by atoms with Gasteiger partial charge in [-0.2, -0.15) is 0 Å². The number of piperidine rings is 1. The van der Waals surface area contributed by atoms with Crippen molar-refractivity contribution in [2.45, 2.75) is 25.7 Å². The van der Waals surface area contributed by atoms with Crippen LogP contribution in [0.2, 0.25) is 0 Å². The summed E-state index contributed by atoms with van der Waals surface area (Å²) in [6, 6.07) is 6.47. The van der Waals surface area contributed by atoms with E-state index in [2.05, 4.69) is 28.4 Å². The van der Waals surface area contributed by atoms with Crippen LogP contribution in [-0.2, 0) is 6.42 Å². The molecule has 0 aliphatic carbocycles. The Labute approximate surface area is 115 Å². The molecule has 0 saturated carbocycles. The number of benzene rings is 1. The second kappa shape index (κ2) is 5.83. The molecule has 0 bridgehead atoms. The third-order valence-electron chi connectivity index (χ3n) is 4.43. The molecular weight excluding hydrogens is 236 g/mol. The average Bonchev–Trinajstić information content (AvgIpc) is 2.48. The zero-order valence-corrected chi connectivity index (χ0v) is 11.8. The number of aryl methyl sites for hydroxylation is 1. The molecule has 2 aliphatic heterocycles. The molecule has 1 aromatic carbocycles. The maximum absolute atomic E-state index is 5.58. The van der Waals surface area contributed by atoms with E-state index in [0.717, 1.165) is 11.7 Å². The Hall–Kier alpha value is -1.22. The van der Waals surface area contributed by atoms with Crippen LogP contribution in [-0.4, -0.2) is 33.3 Å². The van der Waals surface area contributed by atoms with Gasteiger partial charge in [-0.3, -0.25) is 0 Å². The van der Waals surface area contributed by atoms with E-state index in [1.165, 1.54) is 63.1 Å². The highest BCUT2D eigenvalue weighted by molar-refractivity contribution is 5.65. The summed E-state index contributed by atoms with van der Waals surface area (Å²) >= 11 is 0. The van der Waals surface area contributed by atoms with E-state index >= 15 is 0 Å². The lowest BCUT2D eigenvalue weighted by Crippen LogP contribution is -2.38. The van der Waals surface area contributed by atoms with Crippen molar-refractivity contribution in [2.24, 2.45) is 5.92 Å². The van der Waals surface area contributed by atoms with Gasteiger partial charge in [0.15, 0.2) is 0 Å². The van der Waals surface area contributed by atoms with Crippen molar-refractivity contribution in [1.82, 2.24) is 5.32 Å². The van der Waals surface area contributed by atoms with Crippen molar-refractivity contribution in [3.05, 3.63) is 23.8 Å². The lowest BCUT2D eigenvalue weighted by Gasteiger charge is -2.36. The molecule has 1 N–H and O–H groups in total. The minimum Gasteiger partial charge on any atom is -0.495 e. The highest BCUT2D eigenvalue weighted by Crippen LogP contribution is 2.36. The first-order chi connectivity index (χ1) is 9.38. The minimum absolute atomic E-state index is 0.831. The summed E-state index contributed by atoms with van der Waals surface area (Å²) in [5.74, 6) is 1.88. The van der Waals surface area contributed by atoms with Crippen molar-refractivity contribution >= 4 is 5.69 Å². The highest BCUT2D eigenvalue weighted by Gasteiger charge is 2.24. The highest BCUT2D eigenvalue weighted by atomic mass is 16.5. The zero-order valence-electron chi connectivity index (χ0n) is 11.8. The van der Waals surface area contributed by atoms with Gasteiger partial charge >= 0.3 is 0 Å². The lowest BCUT2D eigenvalue weighted by molar-refractivity contribution is 0.367. The quantitative estimate of drug-likeness (QED) is 0.903. The van der Waals surface area contributed by atoms with Crippen molar-refractivity contribution in [1.29, 1.82) is 0 Å². The maximum atomic E-state index is 5.58. The molecule has 0 spiro atoms. The Morgan fingerprint density at radius 1 is 1.32 bits per heavy atom. The van der Waals surface area contributed by atoms with Gasteiger partial charge in [-0.1, -0.05) is 12.1 Å². The molecule has 3 nitrogen and oxygen atoms in total. The number of ether oxygens (including phenoxy) is 1. The second-order valence-electron chi connectivity index (χ2n) is 5.71. The van der Waals surface area contributed by atoms with Gasteiger partial charge in [-0.05, 0) is 56.3 Å². The van der Waals surface area contributed by atoms with E-state index in [9.17, 15) is 0 Å². The number of nitrogens with zero attached hydrogens (tertiary/aromatic N) is 1. The average molecular weight is 260 g/mol. The van der Waals surface area contributed by atoms with Crippen LogP contribution in [0.15, 0.2) is 18.2 Å². The number of methoxy groups -OCH3 is 1. The molecule has 2 heterocycles. The number of fused-ring (bicyclic) bond motifs is 1. The van der Waals surface area contributed by atoms with Crippen LogP contribution in [0.5, 0.6) is 5.75 Å². The molecule has 2 aliphatic rings. The molecule has 0 aromatic heterocycles. The summed E-state index contributed by atoms with van der Waals surface area (Å²) in [4.78, 5) is 2.56. The maximum Gasteiger partial charge on any atom is 0.142 e. The number of hydrogen-bond donors (Lipinski definition) is 1. The van der Waals surface area contributed by atoms with E-state index in [1.807, 2.05) is 0 Å². The predicted molar refractivity (Wildman–Crippen MR) is 79.1 cm³/mol. The summed E-state index contributed by atoms with van der Waals surface area (Å²) in [6.45, 7) is 4.72. The van der Waals surface area contributed by atoms with E-state index in [-0.39, 0.29) is 0 Å². The molecule has 1 fully saturated rings. The summed E-state index contributed by atoms with van der Waals surface area (Å²) in [6.07, 6.45) is 5.07. The number of nitrogens with one attached hydrogen (secondary N) is 1. The molecule has 0 radical (unpaired) electrons. The van der Waals surface area contributed by atoms with E-state index < -0.39 is 0 Å². The molecule has 3 rings (SSSR count). The third-order valence-corrected chi connectivity index (χ3v) is 4.43. The van der Waals surface area contributed by atoms with E-state index in [0.29, 0.717) is 0 Å². The van der Waals surface area contributed by atoms with Gasteiger partial charge in [0.2, 0.25) is 0 Å². The lowest BCUT2D eigenvalue weighted by atomic mass is 9.94. The molecule has 104 valence electrons. The fraction of sp³-hybridized carbons (Fsp3) is 0.625. The van der Waals surface area contributed by atoms with Crippen molar-refractivity contribution in [2.75, 3.05) is 38.2 Å². The van der Waals surface area contributed by atoms with Gasteiger partial charge in [-0.25, -0.2) is 0 Å². The fourth-order valence-corrected chi connectivity index (χ4v) is 3.42. The first-order valence-electron chi connectivity index (χ1n) is 7.50. The molecule has 0 amide bonds. The van der Waals surface area contributed by atoms with Crippen LogP contribution in [0.1, 0.15) is 24.8 Å². The van der Waals surface area contributed by atoms with Crippen LogP contribution >= 0.6 is 0 Å². The standard InChI is InChI=1S/C16H24N2O/c1-19-15-6-2-4-14-5-3-11-18(16(14)15)12-13-7-9-17-10-8-13/h2,4,6,13,17H,3,5,7-12H2,1H3. The van der Waals surface area contributed by atoms with E-state index in [1.54, 1.807) is 7.11 Å². The fourth-order valence-electron chi connectivity index (χ4n) is 3.42. The first kappa shape index (κ1) is 12.8. The third kappa shape index (κ3) is 2.71. The predicted octanol–water partition coefficient (Wildman–Crippen LogP) is 2.45. The van der Waals surface area contributed by atoms with E-state index in [4.69, 9.17) is 4.74 Å². The normalized spacial score (nSPS) is 20.2. The van der Waals surface area contributed by atoms with Crippen LogP contribution in [0.25, 0.3) is 0 Å². The Balaban J connectivity index is 1.80. The smallest absolute Gasteiger partial charge is 0.142 e. The van der Waals surface area contributed by atoms with Crippen LogP contribution in [0.4, 0.5) is 5.69 Å². The molecule has 1 aromatic rings. The summed E-state index contributed by atoms with van der Waals surface area (Å²) in [5, 5.41) is 3.45. The van der Waals surface area contributed by atoms with Gasteiger partial charge in [0.05, 0.1) is 12.8 Å². The van der Waals surface area contributed by atoms with Gasteiger partial charge in [0, 0.05) is 13.1 Å². The summed E-state index contributed by atoms with van der Waals surface area (Å²) in [5.41, 5.74) is 2.81. The SMILES string of the molecule is COc1cccc2c1N(CC1CCNCC1)CCC2. The first-order valence-corrected chi connectivity index (χ1v) is 7.50. The number of anilines is 1. The number of rotatable bonds is 3. The molecule has 0 atom stereocenters. The van der Waals surface area contributed by atoms with Crippen molar-refractivity contribution in [3.63, 3.8) is 0 Å². The molecule has 3 heteroatoms. The van der Waals surface area contributed by atoms with Crippen molar-refractivity contribution in [3.8, 4) is 5.75 Å². The van der Waals surface area contributed by atoms with Crippen LogP contribution in [0.3, 0.4) is 0 Å². The molecule has 1 saturated heterocycles. The molecular formula is C16H24N2O. The Morgan fingerprint density at radius 3 is 2.95 bits per heavy atom. The summed E-state index contributed by atoms with van der Waals surface area (Å²) < 4.78 is 5.58. The van der Waals surface area contributed by atoms with Gasteiger partial charge in [0.1, 0.15) is 5.75 Å². The van der Waals surface area contributed by atoms with Gasteiger partial charge in [0.25, 0.3) is 0 Å². The topological polar surface area (TPSA) is 24.5 Å². The second-order valence-corrected chi connectivity index (χ2v) is 5.71. The largest absolute Gasteiger partial charge is 0.495 e. The van der Waals surface area contributed by atoms with Crippen LogP contribution < -0.4 is 15.0 Å². The Morgan fingerprint density at radius 2 is 2.16 bits per heavy atom. The monoisotopic (exact) mass is 260 g/mol. The van der Waals surface area contributed by atoms with Crippen LogP contribution in [0, 0.1) is 5.92 Å². The molecule has 0 unspecified atom stereocenters. The zero-order chi connectivity index (χ0) is 13.1. The Bertz CT molecular complexity index is 413. The summed E-state index contributed by atoms with van der Waals surface area (Å²) in [7, 11) is 1.78.